The monoisotopic (exact) mass is 938 g/mol. The highest BCUT2D eigenvalue weighted by Crippen LogP contribution is 2.27. The Kier molecular flexibility index (Phi) is 23.9. The van der Waals surface area contributed by atoms with Gasteiger partial charge in [0.25, 0.3) is 23.4 Å². The number of nitrogens with one attached hydrogen (secondary N) is 4. The molecule has 0 aliphatic heterocycles. The maximum Gasteiger partial charge on any atom is 0.269 e. The summed E-state index contributed by atoms with van der Waals surface area (Å²) < 4.78 is 0. The maximum absolute atomic E-state index is 11.3. The van der Waals surface area contributed by atoms with Crippen LogP contribution in [0.15, 0.2) is 66.7 Å². The summed E-state index contributed by atoms with van der Waals surface area (Å²) in [4.78, 5) is 39.9. The lowest BCUT2D eigenvalue weighted by Gasteiger charge is -2.23. The normalized spacial score (nSPS) is 14.0. The predicted octanol–water partition coefficient (Wildman–Crippen LogP) is 2.00. The molecule has 3 aromatic rings. The van der Waals surface area contributed by atoms with Crippen molar-refractivity contribution in [1.29, 1.82) is 0 Å². The summed E-state index contributed by atoms with van der Waals surface area (Å²) in [7, 11) is 0. The molecule has 3 amide bonds. The molecule has 0 fully saturated rings. The van der Waals surface area contributed by atoms with Crippen LogP contribution in [-0.4, -0.2) is 116 Å². The van der Waals surface area contributed by atoms with Crippen molar-refractivity contribution in [2.24, 2.45) is 0 Å². The van der Waals surface area contributed by atoms with E-state index in [1.165, 1.54) is 66.7 Å². The molecule has 0 radical (unpaired) electrons. The SMILES string of the molecule is Nc1ccc([C@@H](O)[C@H](CO)NC(=O)C(Cl)Cl)cc1O.O=C(N[C@@H](CO)[C@@H](O)c1ccc(NO)cc1)C(Cl)Cl.O=C(N[C@@H](CO)[C@H](O)c1ccc([N+](=O)[O-])cc1)C(Cl)Cl. The van der Waals surface area contributed by atoms with Crippen molar-refractivity contribution in [3.05, 3.63) is 93.5 Å². The second-order valence-corrected chi connectivity index (χ2v) is 14.8. The minimum atomic E-state index is -1.33. The van der Waals surface area contributed by atoms with Crippen LogP contribution in [0.3, 0.4) is 0 Å². The van der Waals surface area contributed by atoms with Gasteiger partial charge < -0.3 is 57.4 Å². The number of halogens is 6. The highest BCUT2D eigenvalue weighted by molar-refractivity contribution is 6.54. The number of non-ortho nitro benzene ring substituents is 1. The highest BCUT2D eigenvalue weighted by Gasteiger charge is 2.27. The topological polar surface area (TPSA) is 330 Å². The largest absolute Gasteiger partial charge is 0.506 e. The van der Waals surface area contributed by atoms with E-state index in [1.54, 1.807) is 0 Å². The number of carbonyl (C=O) groups excluding carboxylic acids is 3. The number of hydrogen-bond acceptors (Lipinski definition) is 15. The van der Waals surface area contributed by atoms with Gasteiger partial charge in [0.2, 0.25) is 0 Å². The van der Waals surface area contributed by atoms with Gasteiger partial charge in [0, 0.05) is 12.1 Å². The predicted molar refractivity (Wildman–Crippen MR) is 216 cm³/mol. The Labute approximate surface area is 360 Å². The summed E-state index contributed by atoms with van der Waals surface area (Å²) in [5.74, 6) is -2.39. The molecule has 322 valence electrons. The second kappa shape index (κ2) is 26.4. The lowest BCUT2D eigenvalue weighted by atomic mass is 10.0. The average Bonchev–Trinajstić information content (AvgIpc) is 3.21. The van der Waals surface area contributed by atoms with E-state index in [-0.39, 0.29) is 22.7 Å². The molecule has 25 heteroatoms. The first-order valence-corrected chi connectivity index (χ1v) is 18.8. The Bertz CT molecular complexity index is 1750. The minimum absolute atomic E-state index is 0.132. The van der Waals surface area contributed by atoms with Crippen molar-refractivity contribution in [2.45, 2.75) is 50.9 Å². The Balaban J connectivity index is 0.000000435. The Morgan fingerprint density at radius 1 is 0.621 bits per heavy atom. The first kappa shape index (κ1) is 52.3. The standard InChI is InChI=1S/C11H12Cl2N2O5.2C11H14Cl2N2O4/c12-10(13)11(18)14-8(5-16)9(17)6-1-3-7(4-2-6)15(19)20;12-10(13)11(18)14-8(5-16)9(17)6-1-3-7(15-19)4-2-6;12-10(13)11(19)15-7(4-16)9(18)5-1-2-6(14)8(17)3-5/h1-4,8-10,16-17H,5H2,(H,14,18);1-4,8-10,15-17,19H,5H2,(H,14,18);1-3,7,9-10,16-18H,4,14H2,(H,15,19)/t8-,9+;8-,9-;7-,9+/m000/s1. The number of benzene rings is 3. The van der Waals surface area contributed by atoms with Crippen molar-refractivity contribution in [2.75, 3.05) is 31.0 Å². The quantitative estimate of drug-likeness (QED) is 0.0303. The van der Waals surface area contributed by atoms with Gasteiger partial charge in [0.15, 0.2) is 14.5 Å². The highest BCUT2D eigenvalue weighted by atomic mass is 35.5. The summed E-state index contributed by atoms with van der Waals surface area (Å²) in [6, 6.07) is 12.4. The van der Waals surface area contributed by atoms with Gasteiger partial charge in [-0.1, -0.05) is 87.8 Å². The van der Waals surface area contributed by atoms with Crippen LogP contribution in [0.4, 0.5) is 17.1 Å². The van der Waals surface area contributed by atoms with Gasteiger partial charge in [-0.2, -0.15) is 0 Å². The summed E-state index contributed by atoms with van der Waals surface area (Å²) >= 11 is 32.2. The number of hydrogen-bond donors (Lipinski definition) is 13. The molecule has 0 saturated carbocycles. The molecular formula is C33H40Cl6N6O13. The Morgan fingerprint density at radius 2 is 0.948 bits per heavy atom. The minimum Gasteiger partial charge on any atom is -0.506 e. The fraction of sp³-hybridized carbons (Fsp3) is 0.364. The van der Waals surface area contributed by atoms with Gasteiger partial charge in [-0.05, 0) is 53.1 Å². The van der Waals surface area contributed by atoms with Crippen LogP contribution < -0.4 is 27.2 Å². The molecular weight excluding hydrogens is 901 g/mol. The number of phenols is 1. The number of alkyl halides is 6. The molecule has 0 bridgehead atoms. The molecule has 0 unspecified atom stereocenters. The van der Waals surface area contributed by atoms with Crippen LogP contribution in [0.2, 0.25) is 0 Å². The van der Waals surface area contributed by atoms with E-state index >= 15 is 0 Å². The number of aromatic hydroxyl groups is 1. The zero-order chi connectivity index (χ0) is 44.3. The zero-order valence-corrected chi connectivity index (χ0v) is 34.1. The van der Waals surface area contributed by atoms with Crippen molar-refractivity contribution < 1.29 is 60.3 Å². The van der Waals surface area contributed by atoms with Crippen LogP contribution in [0.1, 0.15) is 35.0 Å². The van der Waals surface area contributed by atoms with Gasteiger partial charge in [0.05, 0.1) is 54.2 Å². The van der Waals surface area contributed by atoms with Gasteiger partial charge in [-0.3, -0.25) is 35.2 Å². The number of rotatable bonds is 17. The van der Waals surface area contributed by atoms with Crippen LogP contribution in [0, 0.1) is 10.1 Å². The molecule has 0 aliphatic carbocycles. The van der Waals surface area contributed by atoms with Gasteiger partial charge >= 0.3 is 0 Å². The summed E-state index contributed by atoms with van der Waals surface area (Å²) in [6.07, 6.45) is -3.63. The maximum atomic E-state index is 11.3. The van der Waals surface area contributed by atoms with E-state index in [0.29, 0.717) is 16.8 Å². The van der Waals surface area contributed by atoms with Crippen LogP contribution in [0.25, 0.3) is 0 Å². The number of nitro groups is 1. The fourth-order valence-corrected chi connectivity index (χ4v) is 4.78. The van der Waals surface area contributed by atoms with Gasteiger partial charge in [-0.15, -0.1) is 0 Å². The first-order chi connectivity index (χ1) is 27.2. The number of aliphatic hydroxyl groups excluding tert-OH is 6. The van der Waals surface area contributed by atoms with Crippen molar-refractivity contribution >= 4 is 104 Å². The molecule has 0 saturated heterocycles. The average molecular weight is 941 g/mol. The molecule has 3 rings (SSSR count). The second-order valence-electron chi connectivity index (χ2n) is 11.5. The molecule has 0 spiro atoms. The van der Waals surface area contributed by atoms with Crippen molar-refractivity contribution in [3.63, 3.8) is 0 Å². The smallest absolute Gasteiger partial charge is 0.269 e. The van der Waals surface area contributed by atoms with E-state index in [1.807, 2.05) is 5.48 Å². The van der Waals surface area contributed by atoms with Crippen molar-refractivity contribution in [3.8, 4) is 5.75 Å². The lowest BCUT2D eigenvalue weighted by molar-refractivity contribution is -0.384. The molecule has 0 aromatic heterocycles. The fourth-order valence-electron chi connectivity index (χ4n) is 4.40. The lowest BCUT2D eigenvalue weighted by Crippen LogP contribution is -2.44. The number of anilines is 2. The van der Waals surface area contributed by atoms with Crippen LogP contribution in [-0.2, 0) is 14.4 Å². The van der Waals surface area contributed by atoms with E-state index in [4.69, 9.17) is 90.8 Å². The van der Waals surface area contributed by atoms with Gasteiger partial charge in [-0.25, -0.2) is 0 Å². The summed E-state index contributed by atoms with van der Waals surface area (Å²) in [5.41, 5.74) is 8.89. The summed E-state index contributed by atoms with van der Waals surface area (Å²) in [5, 5.41) is 93.0. The molecule has 14 N–H and O–H groups in total. The number of nitro benzene ring substituents is 1. The molecule has 0 aliphatic rings. The third kappa shape index (κ3) is 17.3. The Hall–Kier alpha value is -3.67. The Morgan fingerprint density at radius 3 is 1.24 bits per heavy atom. The first-order valence-electron chi connectivity index (χ1n) is 16.2. The number of nitrogens with two attached hydrogens (primary N) is 1. The summed E-state index contributed by atoms with van der Waals surface area (Å²) in [6.45, 7) is -1.56. The van der Waals surface area contributed by atoms with E-state index in [9.17, 15) is 50.0 Å². The van der Waals surface area contributed by atoms with Gasteiger partial charge in [0.1, 0.15) is 24.1 Å². The number of nitrogen functional groups attached to an aromatic ring is 1. The van der Waals surface area contributed by atoms with E-state index in [0.717, 1.165) is 0 Å². The third-order valence-corrected chi connectivity index (χ3v) is 8.72. The molecule has 19 nitrogen and oxygen atoms in total. The number of amides is 3. The molecule has 6 atom stereocenters. The number of aliphatic hydroxyl groups is 6. The third-order valence-electron chi connectivity index (χ3n) is 7.53. The van der Waals surface area contributed by atoms with E-state index in [2.05, 4.69) is 16.0 Å². The number of carbonyl (C=O) groups is 3. The van der Waals surface area contributed by atoms with Crippen molar-refractivity contribution in [1.82, 2.24) is 16.0 Å². The molecule has 3 aromatic carbocycles. The molecule has 58 heavy (non-hydrogen) atoms. The number of nitrogens with zero attached hydrogens (tertiary/aromatic N) is 1. The van der Waals surface area contributed by atoms with Crippen LogP contribution in [0.5, 0.6) is 5.75 Å². The van der Waals surface area contributed by atoms with E-state index < -0.39 is 93.4 Å². The molecule has 0 heterocycles. The number of phenolic OH excluding ortho intramolecular Hbond substituents is 1. The zero-order valence-electron chi connectivity index (χ0n) is 29.6. The van der Waals surface area contributed by atoms with Crippen LogP contribution >= 0.6 is 69.6 Å².